The summed E-state index contributed by atoms with van der Waals surface area (Å²) < 4.78 is 0. The molecular formula is C17H15ClN6O2. The van der Waals surface area contributed by atoms with Crippen molar-refractivity contribution < 1.29 is 9.90 Å². The number of hydrazone groups is 1. The number of nitrogens with one attached hydrogen (secondary N) is 1. The van der Waals surface area contributed by atoms with Crippen molar-refractivity contribution in [1.82, 2.24) is 25.6 Å². The van der Waals surface area contributed by atoms with E-state index in [0.717, 1.165) is 5.56 Å². The second-order valence-corrected chi connectivity index (χ2v) is 5.84. The number of halogens is 1. The van der Waals surface area contributed by atoms with Crippen LogP contribution in [0.3, 0.4) is 0 Å². The molecule has 0 unspecified atom stereocenters. The Kier molecular flexibility index (Phi) is 5.23. The molecule has 0 aliphatic rings. The normalized spacial score (nSPS) is 11.4. The number of phenols is 1. The predicted octanol–water partition coefficient (Wildman–Crippen LogP) is 2.24. The maximum absolute atomic E-state index is 12.0. The van der Waals surface area contributed by atoms with E-state index < -0.39 is 5.91 Å². The van der Waals surface area contributed by atoms with Gasteiger partial charge >= 0.3 is 0 Å². The van der Waals surface area contributed by atoms with E-state index in [1.807, 2.05) is 30.3 Å². The molecule has 132 valence electrons. The summed E-state index contributed by atoms with van der Waals surface area (Å²) in [5, 5.41) is 26.2. The Hall–Kier alpha value is -3.26. The van der Waals surface area contributed by atoms with Gasteiger partial charge in [-0.1, -0.05) is 41.9 Å². The lowest BCUT2D eigenvalue weighted by Gasteiger charge is -2.05. The molecule has 2 aromatic carbocycles. The molecule has 0 saturated heterocycles. The minimum absolute atomic E-state index is 0.0235. The number of carbonyl (C=O) groups excluding carboxylic acids is 1. The van der Waals surface area contributed by atoms with E-state index in [9.17, 15) is 9.90 Å². The fourth-order valence-electron chi connectivity index (χ4n) is 2.18. The summed E-state index contributed by atoms with van der Waals surface area (Å²) in [5.41, 5.74) is 4.05. The first kappa shape index (κ1) is 17.6. The number of amides is 1. The summed E-state index contributed by atoms with van der Waals surface area (Å²) in [7, 11) is 0. The van der Waals surface area contributed by atoms with Gasteiger partial charge in [0.15, 0.2) is 0 Å². The van der Waals surface area contributed by atoms with Crippen LogP contribution in [0.5, 0.6) is 5.75 Å². The number of nitrogens with zero attached hydrogens (tertiary/aromatic N) is 5. The van der Waals surface area contributed by atoms with Crippen LogP contribution in [-0.2, 0) is 11.3 Å². The second-order valence-electron chi connectivity index (χ2n) is 5.40. The molecule has 2 N–H and O–H groups in total. The zero-order valence-electron chi connectivity index (χ0n) is 13.8. The van der Waals surface area contributed by atoms with Gasteiger partial charge in [-0.15, -0.1) is 10.2 Å². The third-order valence-corrected chi connectivity index (χ3v) is 3.70. The van der Waals surface area contributed by atoms with E-state index >= 15 is 0 Å². The topological polar surface area (TPSA) is 105 Å². The van der Waals surface area contributed by atoms with Crippen LogP contribution in [0, 0.1) is 0 Å². The molecule has 1 heterocycles. The number of phenolic OH excluding ortho intramolecular Hbond substituents is 1. The fourth-order valence-corrected chi connectivity index (χ4v) is 2.35. The third-order valence-electron chi connectivity index (χ3n) is 3.47. The van der Waals surface area contributed by atoms with Gasteiger partial charge in [0.2, 0.25) is 5.82 Å². The molecule has 0 aliphatic carbocycles. The lowest BCUT2D eigenvalue weighted by atomic mass is 10.1. The molecule has 8 nitrogen and oxygen atoms in total. The zero-order valence-corrected chi connectivity index (χ0v) is 14.6. The molecule has 0 bridgehead atoms. The quantitative estimate of drug-likeness (QED) is 0.529. The van der Waals surface area contributed by atoms with E-state index in [0.29, 0.717) is 22.1 Å². The van der Waals surface area contributed by atoms with Crippen molar-refractivity contribution >= 4 is 23.2 Å². The maximum atomic E-state index is 12.0. The Morgan fingerprint density at radius 3 is 2.81 bits per heavy atom. The summed E-state index contributed by atoms with van der Waals surface area (Å²) in [5.74, 6) is 0.0279. The van der Waals surface area contributed by atoms with Gasteiger partial charge in [0.25, 0.3) is 5.91 Å². The Balaban J connectivity index is 1.64. The number of carbonyl (C=O) groups is 1. The van der Waals surface area contributed by atoms with Crippen LogP contribution in [0.25, 0.3) is 11.4 Å². The van der Waals surface area contributed by atoms with Crippen molar-refractivity contribution in [2.45, 2.75) is 13.5 Å². The number of hydrogen-bond acceptors (Lipinski definition) is 6. The van der Waals surface area contributed by atoms with Gasteiger partial charge in [0, 0.05) is 16.1 Å². The van der Waals surface area contributed by atoms with Crippen LogP contribution < -0.4 is 5.43 Å². The van der Waals surface area contributed by atoms with Gasteiger partial charge in [-0.2, -0.15) is 9.90 Å². The Labute approximate surface area is 154 Å². The molecule has 3 rings (SSSR count). The van der Waals surface area contributed by atoms with E-state index in [1.165, 1.54) is 10.9 Å². The largest absolute Gasteiger partial charge is 0.507 e. The SMILES string of the molecule is C/C(=N\NC(=O)Cn1nnc(-c2ccccc2)n1)c1cc(Cl)ccc1O. The zero-order chi connectivity index (χ0) is 18.5. The van der Waals surface area contributed by atoms with E-state index in [-0.39, 0.29) is 12.3 Å². The van der Waals surface area contributed by atoms with Crippen molar-refractivity contribution in [1.29, 1.82) is 0 Å². The molecule has 1 amide bonds. The van der Waals surface area contributed by atoms with Crippen molar-refractivity contribution in [3.63, 3.8) is 0 Å². The highest BCUT2D eigenvalue weighted by Crippen LogP contribution is 2.22. The Morgan fingerprint density at radius 2 is 2.04 bits per heavy atom. The number of benzene rings is 2. The molecule has 9 heteroatoms. The minimum Gasteiger partial charge on any atom is -0.507 e. The molecule has 0 saturated carbocycles. The standard InChI is InChI=1S/C17H15ClN6O2/c1-11(14-9-13(18)7-8-15(14)25)19-20-16(26)10-24-22-17(21-23-24)12-5-3-2-4-6-12/h2-9,25H,10H2,1H3,(H,20,26)/b19-11+. The molecule has 3 aromatic rings. The Bertz CT molecular complexity index is 955. The first-order valence-electron chi connectivity index (χ1n) is 7.68. The average molecular weight is 371 g/mol. The van der Waals surface area contributed by atoms with Gasteiger partial charge in [-0.05, 0) is 30.3 Å². The monoisotopic (exact) mass is 370 g/mol. The lowest BCUT2D eigenvalue weighted by Crippen LogP contribution is -2.25. The van der Waals surface area contributed by atoms with E-state index in [2.05, 4.69) is 25.9 Å². The molecule has 26 heavy (non-hydrogen) atoms. The van der Waals surface area contributed by atoms with Crippen molar-refractivity contribution in [3.8, 4) is 17.1 Å². The summed E-state index contributed by atoms with van der Waals surface area (Å²) in [6.45, 7) is 1.50. The van der Waals surface area contributed by atoms with E-state index in [1.54, 1.807) is 19.1 Å². The number of rotatable bonds is 5. The number of aromatic hydroxyl groups is 1. The second kappa shape index (κ2) is 7.75. The molecule has 0 radical (unpaired) electrons. The highest BCUT2D eigenvalue weighted by Gasteiger charge is 2.10. The molecule has 0 atom stereocenters. The first-order valence-corrected chi connectivity index (χ1v) is 8.06. The number of hydrogen-bond donors (Lipinski definition) is 2. The van der Waals surface area contributed by atoms with Crippen LogP contribution in [0.1, 0.15) is 12.5 Å². The highest BCUT2D eigenvalue weighted by molar-refractivity contribution is 6.31. The molecular weight excluding hydrogens is 356 g/mol. The molecule has 0 spiro atoms. The van der Waals surface area contributed by atoms with Crippen LogP contribution in [0.2, 0.25) is 5.02 Å². The molecule has 0 aliphatic heterocycles. The minimum atomic E-state index is -0.428. The van der Waals surface area contributed by atoms with Gasteiger partial charge < -0.3 is 5.11 Å². The van der Waals surface area contributed by atoms with Crippen LogP contribution in [-0.4, -0.2) is 36.9 Å². The molecule has 1 aromatic heterocycles. The van der Waals surface area contributed by atoms with E-state index in [4.69, 9.17) is 11.6 Å². The maximum Gasteiger partial charge on any atom is 0.263 e. The summed E-state index contributed by atoms with van der Waals surface area (Å²) in [4.78, 5) is 13.2. The van der Waals surface area contributed by atoms with Gasteiger partial charge in [-0.3, -0.25) is 4.79 Å². The summed E-state index contributed by atoms with van der Waals surface area (Å²) in [6.07, 6.45) is 0. The van der Waals surface area contributed by atoms with Gasteiger partial charge in [-0.25, -0.2) is 5.43 Å². The highest BCUT2D eigenvalue weighted by atomic mass is 35.5. The predicted molar refractivity (Wildman–Crippen MR) is 96.7 cm³/mol. The first-order chi connectivity index (χ1) is 12.5. The summed E-state index contributed by atoms with van der Waals surface area (Å²) in [6, 6.07) is 13.9. The van der Waals surface area contributed by atoms with Crippen LogP contribution in [0.15, 0.2) is 53.6 Å². The van der Waals surface area contributed by atoms with Gasteiger partial charge in [0.05, 0.1) is 5.71 Å². The lowest BCUT2D eigenvalue weighted by molar-refractivity contribution is -0.122. The van der Waals surface area contributed by atoms with Crippen molar-refractivity contribution in [3.05, 3.63) is 59.1 Å². The van der Waals surface area contributed by atoms with Crippen LogP contribution in [0.4, 0.5) is 0 Å². The van der Waals surface area contributed by atoms with Crippen molar-refractivity contribution in [2.75, 3.05) is 0 Å². The number of tetrazole rings is 1. The summed E-state index contributed by atoms with van der Waals surface area (Å²) >= 11 is 5.90. The Morgan fingerprint density at radius 1 is 1.27 bits per heavy atom. The number of aromatic nitrogens is 4. The van der Waals surface area contributed by atoms with Crippen LogP contribution >= 0.6 is 11.6 Å². The molecule has 0 fully saturated rings. The van der Waals surface area contributed by atoms with Gasteiger partial charge in [0.1, 0.15) is 12.3 Å². The smallest absolute Gasteiger partial charge is 0.263 e. The van der Waals surface area contributed by atoms with Crippen molar-refractivity contribution in [2.24, 2.45) is 5.10 Å². The average Bonchev–Trinajstić information content (AvgIpc) is 3.11. The third kappa shape index (κ3) is 4.22. The fraction of sp³-hybridized carbons (Fsp3) is 0.118.